The molecule has 0 spiro atoms. The van der Waals surface area contributed by atoms with Crippen molar-refractivity contribution in [1.82, 2.24) is 0 Å². The predicted octanol–water partition coefficient (Wildman–Crippen LogP) is 5.75. The number of halogens is 1. The predicted molar refractivity (Wildman–Crippen MR) is 126 cm³/mol. The smallest absolute Gasteiger partial charge is 0.256 e. The Balaban J connectivity index is 2.43. The average Bonchev–Trinajstić information content (AvgIpc) is 2.78. The maximum absolute atomic E-state index is 14.8. The molecule has 31 heavy (non-hydrogen) atoms. The van der Waals surface area contributed by atoms with E-state index in [-0.39, 0.29) is 27.9 Å². The van der Waals surface area contributed by atoms with Crippen LogP contribution in [-0.4, -0.2) is 25.3 Å². The average molecular weight is 501 g/mol. The Bertz CT molecular complexity index is 1180. The lowest BCUT2D eigenvalue weighted by molar-refractivity contribution is 0.104. The molecular formula is C24H22BrO5P. The largest absolute Gasteiger partial charge is 0.496 e. The van der Waals surface area contributed by atoms with E-state index in [1.54, 1.807) is 68.4 Å². The molecule has 5 nitrogen and oxygen atoms in total. The second kappa shape index (κ2) is 9.21. The third kappa shape index (κ3) is 3.98. The van der Waals surface area contributed by atoms with Crippen molar-refractivity contribution in [2.24, 2.45) is 0 Å². The van der Waals surface area contributed by atoms with Crippen molar-refractivity contribution in [3.05, 3.63) is 87.4 Å². The molecule has 1 unspecified atom stereocenters. The van der Waals surface area contributed by atoms with Crippen LogP contribution in [0.5, 0.6) is 11.5 Å². The summed E-state index contributed by atoms with van der Waals surface area (Å²) in [5, 5.41) is -0.0478. The molecule has 3 aromatic carbocycles. The summed E-state index contributed by atoms with van der Waals surface area (Å²) in [4.78, 5) is 27.7. The molecular weight excluding hydrogens is 479 g/mol. The maximum atomic E-state index is 14.8. The highest BCUT2D eigenvalue weighted by atomic mass is 79.9. The summed E-state index contributed by atoms with van der Waals surface area (Å²) in [5.41, 5.74) is 0.203. The van der Waals surface area contributed by atoms with Gasteiger partial charge in [-0.25, -0.2) is 0 Å². The minimum atomic E-state index is -4.44. The van der Waals surface area contributed by atoms with E-state index in [0.717, 1.165) is 0 Å². The van der Waals surface area contributed by atoms with Gasteiger partial charge < -0.3 is 14.0 Å². The SMILES string of the molecule is COc1ccc(Br)c(OC)c1P(=O)(C(=O)c1ccccc1)C(=O)c1c(C)cccc1C. The molecule has 0 bridgehead atoms. The fourth-order valence-corrected chi connectivity index (χ4v) is 6.94. The van der Waals surface area contributed by atoms with Crippen molar-refractivity contribution in [2.45, 2.75) is 13.8 Å². The third-order valence-electron chi connectivity index (χ3n) is 5.07. The third-order valence-corrected chi connectivity index (χ3v) is 8.38. The zero-order chi connectivity index (χ0) is 22.8. The van der Waals surface area contributed by atoms with Crippen LogP contribution in [0.3, 0.4) is 0 Å². The molecule has 0 radical (unpaired) electrons. The molecule has 160 valence electrons. The summed E-state index contributed by atoms with van der Waals surface area (Å²) in [5.74, 6) is 0.277. The topological polar surface area (TPSA) is 69.7 Å². The fraction of sp³-hybridized carbons (Fsp3) is 0.167. The Kier molecular flexibility index (Phi) is 6.83. The maximum Gasteiger partial charge on any atom is 0.256 e. The van der Waals surface area contributed by atoms with Crippen LogP contribution >= 0.6 is 23.1 Å². The van der Waals surface area contributed by atoms with Gasteiger partial charge in [-0.15, -0.1) is 0 Å². The Labute approximate surface area is 189 Å². The van der Waals surface area contributed by atoms with E-state index in [4.69, 9.17) is 9.47 Å². The van der Waals surface area contributed by atoms with Gasteiger partial charge in [-0.2, -0.15) is 0 Å². The van der Waals surface area contributed by atoms with Gasteiger partial charge in [-0.05, 0) is 53.0 Å². The van der Waals surface area contributed by atoms with Crippen molar-refractivity contribution in [3.8, 4) is 11.5 Å². The van der Waals surface area contributed by atoms with Crippen molar-refractivity contribution < 1.29 is 23.6 Å². The van der Waals surface area contributed by atoms with Crippen LogP contribution < -0.4 is 14.8 Å². The van der Waals surface area contributed by atoms with E-state index >= 15 is 0 Å². The Morgan fingerprint density at radius 1 is 0.806 bits per heavy atom. The number of ether oxygens (including phenoxy) is 2. The van der Waals surface area contributed by atoms with Gasteiger partial charge in [0, 0.05) is 11.1 Å². The summed E-state index contributed by atoms with van der Waals surface area (Å²) >= 11 is 3.38. The number of aryl methyl sites for hydroxylation is 2. The van der Waals surface area contributed by atoms with Crippen LogP contribution in [0.2, 0.25) is 0 Å². The molecule has 0 saturated heterocycles. The number of benzene rings is 3. The highest BCUT2D eigenvalue weighted by Crippen LogP contribution is 2.56. The van der Waals surface area contributed by atoms with E-state index in [9.17, 15) is 14.2 Å². The minimum Gasteiger partial charge on any atom is -0.496 e. The second-order valence-electron chi connectivity index (χ2n) is 6.98. The van der Waals surface area contributed by atoms with E-state index < -0.39 is 18.2 Å². The molecule has 0 aliphatic heterocycles. The zero-order valence-electron chi connectivity index (χ0n) is 17.6. The van der Waals surface area contributed by atoms with Gasteiger partial charge in [0.15, 0.2) is 0 Å². The molecule has 1 atom stereocenters. The molecule has 3 aromatic rings. The second-order valence-corrected chi connectivity index (χ2v) is 10.3. The molecule has 0 fully saturated rings. The molecule has 0 heterocycles. The van der Waals surface area contributed by atoms with Crippen LogP contribution in [0.15, 0.2) is 65.1 Å². The van der Waals surface area contributed by atoms with E-state index in [1.807, 2.05) is 6.07 Å². The zero-order valence-corrected chi connectivity index (χ0v) is 20.1. The van der Waals surface area contributed by atoms with Crippen molar-refractivity contribution in [2.75, 3.05) is 14.2 Å². The van der Waals surface area contributed by atoms with E-state index in [0.29, 0.717) is 15.6 Å². The van der Waals surface area contributed by atoms with Gasteiger partial charge in [0.1, 0.15) is 16.8 Å². The molecule has 0 saturated carbocycles. The number of hydrogen-bond acceptors (Lipinski definition) is 5. The standard InChI is InChI=1S/C24H22BrO5P/c1-15-9-8-10-16(2)20(15)24(27)31(28,23(26)17-11-6-5-7-12-17)22-19(29-3)14-13-18(25)21(22)30-4/h5-14H,1-4H3. The first-order valence-corrected chi connectivity index (χ1v) is 12.0. The van der Waals surface area contributed by atoms with Crippen molar-refractivity contribution >= 4 is 39.4 Å². The van der Waals surface area contributed by atoms with Crippen LogP contribution in [0.25, 0.3) is 0 Å². The highest BCUT2D eigenvalue weighted by molar-refractivity contribution is 9.10. The first-order chi connectivity index (χ1) is 14.8. The minimum absolute atomic E-state index is 0.0478. The van der Waals surface area contributed by atoms with Crippen molar-refractivity contribution in [1.29, 1.82) is 0 Å². The quantitative estimate of drug-likeness (QED) is 0.386. The number of hydrogen-bond donors (Lipinski definition) is 0. The summed E-state index contributed by atoms with van der Waals surface area (Å²) in [6.45, 7) is 3.51. The molecule has 3 rings (SSSR count). The van der Waals surface area contributed by atoms with Crippen LogP contribution in [-0.2, 0) is 4.57 Å². The molecule has 7 heteroatoms. The molecule has 0 amide bonds. The summed E-state index contributed by atoms with van der Waals surface area (Å²) in [6.07, 6.45) is 0. The van der Waals surface area contributed by atoms with Gasteiger partial charge in [0.25, 0.3) is 7.14 Å². The number of carbonyl (C=O) groups excluding carboxylic acids is 2. The first kappa shape index (κ1) is 23.0. The lowest BCUT2D eigenvalue weighted by atomic mass is 10.0. The Hall–Kier alpha value is -2.69. The monoisotopic (exact) mass is 500 g/mol. The van der Waals surface area contributed by atoms with E-state index in [2.05, 4.69) is 15.9 Å². The van der Waals surface area contributed by atoms with Gasteiger partial charge >= 0.3 is 0 Å². The lowest BCUT2D eigenvalue weighted by Crippen LogP contribution is -2.24. The number of carbonyl (C=O) groups is 2. The highest BCUT2D eigenvalue weighted by Gasteiger charge is 2.48. The van der Waals surface area contributed by atoms with Crippen LogP contribution in [0, 0.1) is 13.8 Å². The van der Waals surface area contributed by atoms with Crippen molar-refractivity contribution in [3.63, 3.8) is 0 Å². The van der Waals surface area contributed by atoms with E-state index in [1.165, 1.54) is 14.2 Å². The Morgan fingerprint density at radius 2 is 1.42 bits per heavy atom. The molecule has 0 aromatic heterocycles. The number of rotatable bonds is 7. The first-order valence-electron chi connectivity index (χ1n) is 9.49. The molecule has 0 aliphatic carbocycles. The van der Waals surface area contributed by atoms with Crippen LogP contribution in [0.1, 0.15) is 31.8 Å². The fourth-order valence-electron chi connectivity index (χ4n) is 3.55. The summed E-state index contributed by atoms with van der Waals surface area (Å²) in [7, 11) is -1.66. The number of methoxy groups -OCH3 is 2. The molecule has 0 aliphatic rings. The summed E-state index contributed by atoms with van der Waals surface area (Å²) in [6, 6.07) is 16.7. The normalized spacial score (nSPS) is 12.7. The van der Waals surface area contributed by atoms with Gasteiger partial charge in [0.2, 0.25) is 11.0 Å². The lowest BCUT2D eigenvalue weighted by Gasteiger charge is -2.23. The van der Waals surface area contributed by atoms with Gasteiger partial charge in [-0.3, -0.25) is 9.59 Å². The Morgan fingerprint density at radius 3 is 1.97 bits per heavy atom. The van der Waals surface area contributed by atoms with Gasteiger partial charge in [-0.1, -0.05) is 48.5 Å². The van der Waals surface area contributed by atoms with Crippen LogP contribution in [0.4, 0.5) is 0 Å². The summed E-state index contributed by atoms with van der Waals surface area (Å²) < 4.78 is 26.1. The molecule has 0 N–H and O–H groups in total. The van der Waals surface area contributed by atoms with Gasteiger partial charge in [0.05, 0.1) is 18.7 Å².